The number of anilines is 1. The summed E-state index contributed by atoms with van der Waals surface area (Å²) in [6.07, 6.45) is 0. The summed E-state index contributed by atoms with van der Waals surface area (Å²) in [5, 5.41) is 7.44. The molecule has 0 unspecified atom stereocenters. The molecule has 0 spiro atoms. The lowest BCUT2D eigenvalue weighted by molar-refractivity contribution is -0.113. The molecule has 0 saturated carbocycles. The first kappa shape index (κ1) is 16.9. The Morgan fingerprint density at radius 1 is 1.12 bits per heavy atom. The van der Waals surface area contributed by atoms with Crippen LogP contribution in [0, 0.1) is 27.7 Å². The zero-order valence-electron chi connectivity index (χ0n) is 14.1. The lowest BCUT2D eigenvalue weighted by Gasteiger charge is -2.09. The number of carbonyl (C=O) groups excluding carboxylic acids is 1. The van der Waals surface area contributed by atoms with E-state index in [-0.39, 0.29) is 5.91 Å². The number of benzene rings is 1. The van der Waals surface area contributed by atoms with E-state index in [4.69, 9.17) is 4.98 Å². The van der Waals surface area contributed by atoms with E-state index in [2.05, 4.69) is 43.2 Å². The van der Waals surface area contributed by atoms with Gasteiger partial charge in [0.15, 0.2) is 5.13 Å². The van der Waals surface area contributed by atoms with Gasteiger partial charge in [-0.3, -0.25) is 4.79 Å². The van der Waals surface area contributed by atoms with Gasteiger partial charge in [0, 0.05) is 10.8 Å². The second kappa shape index (κ2) is 6.91. The average molecular weight is 358 g/mol. The van der Waals surface area contributed by atoms with E-state index in [9.17, 15) is 4.79 Å². The number of fused-ring (bicyclic) bond motifs is 1. The molecule has 0 atom stereocenters. The van der Waals surface area contributed by atoms with Crippen LogP contribution in [0.5, 0.6) is 0 Å². The Morgan fingerprint density at radius 2 is 1.92 bits per heavy atom. The van der Waals surface area contributed by atoms with Crippen molar-refractivity contribution in [2.75, 3.05) is 11.1 Å². The first-order chi connectivity index (χ1) is 11.4. The monoisotopic (exact) mass is 357 g/mol. The molecule has 0 aliphatic rings. The van der Waals surface area contributed by atoms with E-state index in [1.165, 1.54) is 45.2 Å². The Kier molecular flexibility index (Phi) is 4.87. The van der Waals surface area contributed by atoms with Crippen molar-refractivity contribution in [1.29, 1.82) is 0 Å². The van der Waals surface area contributed by atoms with Crippen molar-refractivity contribution in [3.63, 3.8) is 0 Å². The number of carbonyl (C=O) groups is 1. The Labute approximate surface area is 149 Å². The van der Waals surface area contributed by atoms with Gasteiger partial charge >= 0.3 is 0 Å². The Morgan fingerprint density at radius 3 is 2.62 bits per heavy atom. The summed E-state index contributed by atoms with van der Waals surface area (Å²) in [4.78, 5) is 21.0. The number of hydrogen-bond donors (Lipinski definition) is 1. The molecule has 0 saturated heterocycles. The number of hydrogen-bond acceptors (Lipinski definition) is 5. The summed E-state index contributed by atoms with van der Waals surface area (Å²) in [6, 6.07) is 6.35. The number of thioether (sulfide) groups is 1. The Balaban J connectivity index is 1.74. The van der Waals surface area contributed by atoms with Crippen molar-refractivity contribution in [1.82, 2.24) is 9.97 Å². The number of rotatable bonds is 4. The van der Waals surface area contributed by atoms with Gasteiger partial charge in [-0.1, -0.05) is 23.4 Å². The third-order valence-electron chi connectivity index (χ3n) is 3.65. The minimum atomic E-state index is -0.0606. The number of aromatic nitrogens is 2. The molecule has 6 heteroatoms. The maximum atomic E-state index is 12.1. The van der Waals surface area contributed by atoms with E-state index in [0.717, 1.165) is 16.2 Å². The van der Waals surface area contributed by atoms with Crippen LogP contribution in [0.4, 0.5) is 5.13 Å². The van der Waals surface area contributed by atoms with Gasteiger partial charge in [-0.05, 0) is 51.0 Å². The van der Waals surface area contributed by atoms with Gasteiger partial charge in [-0.2, -0.15) is 0 Å². The van der Waals surface area contributed by atoms with E-state index in [0.29, 0.717) is 10.9 Å². The highest BCUT2D eigenvalue weighted by Crippen LogP contribution is 2.27. The number of amides is 1. The van der Waals surface area contributed by atoms with Gasteiger partial charge in [0.05, 0.1) is 22.0 Å². The van der Waals surface area contributed by atoms with Crippen LogP contribution in [0.2, 0.25) is 0 Å². The summed E-state index contributed by atoms with van der Waals surface area (Å²) in [5.74, 6) is 0.260. The zero-order valence-corrected chi connectivity index (χ0v) is 15.8. The quantitative estimate of drug-likeness (QED) is 0.690. The molecule has 1 aromatic carbocycles. The van der Waals surface area contributed by atoms with Crippen LogP contribution in [0.3, 0.4) is 0 Å². The predicted molar refractivity (Wildman–Crippen MR) is 102 cm³/mol. The zero-order chi connectivity index (χ0) is 17.3. The van der Waals surface area contributed by atoms with Crippen molar-refractivity contribution >= 4 is 45.0 Å². The SMILES string of the molecule is Cc1cc(C)c2nc(SCC(=O)Nc3nc(C)cs3)cc(C)c2c1. The van der Waals surface area contributed by atoms with Crippen molar-refractivity contribution < 1.29 is 4.79 Å². The summed E-state index contributed by atoms with van der Waals surface area (Å²) >= 11 is 2.89. The maximum Gasteiger partial charge on any atom is 0.236 e. The molecule has 124 valence electrons. The molecule has 0 bridgehead atoms. The lowest BCUT2D eigenvalue weighted by atomic mass is 10.0. The van der Waals surface area contributed by atoms with Crippen LogP contribution in [0.25, 0.3) is 10.9 Å². The second-order valence-corrected chi connectivity index (χ2v) is 7.74. The fourth-order valence-corrected chi connectivity index (χ4v) is 4.07. The van der Waals surface area contributed by atoms with E-state index >= 15 is 0 Å². The van der Waals surface area contributed by atoms with Gasteiger partial charge in [-0.25, -0.2) is 9.97 Å². The van der Waals surface area contributed by atoms with Crippen LogP contribution in [-0.4, -0.2) is 21.6 Å². The molecular weight excluding hydrogens is 338 g/mol. The molecule has 2 aromatic heterocycles. The number of nitrogens with zero attached hydrogens (tertiary/aromatic N) is 2. The molecule has 0 fully saturated rings. The number of nitrogens with one attached hydrogen (secondary N) is 1. The average Bonchev–Trinajstić information content (AvgIpc) is 2.91. The highest BCUT2D eigenvalue weighted by Gasteiger charge is 2.10. The molecule has 4 nitrogen and oxygen atoms in total. The van der Waals surface area contributed by atoms with Gasteiger partial charge in [-0.15, -0.1) is 11.3 Å². The molecule has 0 aliphatic heterocycles. The van der Waals surface area contributed by atoms with Crippen LogP contribution in [0.1, 0.15) is 22.4 Å². The second-order valence-electron chi connectivity index (χ2n) is 5.89. The number of aryl methyl sites for hydroxylation is 4. The van der Waals surface area contributed by atoms with Gasteiger partial charge in [0.2, 0.25) is 5.91 Å². The van der Waals surface area contributed by atoms with Crippen LogP contribution >= 0.6 is 23.1 Å². The van der Waals surface area contributed by atoms with Crippen molar-refractivity contribution in [2.24, 2.45) is 0 Å². The maximum absolute atomic E-state index is 12.1. The summed E-state index contributed by atoms with van der Waals surface area (Å²) in [7, 11) is 0. The van der Waals surface area contributed by atoms with Crippen molar-refractivity contribution in [2.45, 2.75) is 32.7 Å². The van der Waals surface area contributed by atoms with Gasteiger partial charge in [0.1, 0.15) is 0 Å². The normalized spacial score (nSPS) is 11.0. The fraction of sp³-hybridized carbons (Fsp3) is 0.278. The highest BCUT2D eigenvalue weighted by molar-refractivity contribution is 7.99. The third kappa shape index (κ3) is 3.76. The minimum absolute atomic E-state index is 0.0606. The number of thiazole rings is 1. The fourth-order valence-electron chi connectivity index (χ4n) is 2.59. The van der Waals surface area contributed by atoms with Gasteiger partial charge < -0.3 is 5.32 Å². The molecule has 3 rings (SSSR count). The molecular formula is C18H19N3OS2. The third-order valence-corrected chi connectivity index (χ3v) is 5.44. The molecule has 2 heterocycles. The van der Waals surface area contributed by atoms with Crippen molar-refractivity contribution in [3.8, 4) is 0 Å². The van der Waals surface area contributed by atoms with Crippen LogP contribution in [-0.2, 0) is 4.79 Å². The standard InChI is InChI=1S/C18H19N3OS2/c1-10-5-12(3)17-14(6-10)11(2)7-16(21-17)23-9-15(22)20-18-19-13(4)8-24-18/h5-8H,9H2,1-4H3,(H,19,20,22). The predicted octanol–water partition coefficient (Wildman–Crippen LogP) is 4.66. The van der Waals surface area contributed by atoms with Crippen molar-refractivity contribution in [3.05, 3.63) is 46.0 Å². The molecule has 0 aliphatic carbocycles. The molecule has 0 radical (unpaired) electrons. The van der Waals surface area contributed by atoms with E-state index < -0.39 is 0 Å². The van der Waals surface area contributed by atoms with Crippen LogP contribution < -0.4 is 5.32 Å². The first-order valence-corrected chi connectivity index (χ1v) is 9.52. The molecule has 1 amide bonds. The van der Waals surface area contributed by atoms with E-state index in [1.807, 2.05) is 18.4 Å². The first-order valence-electron chi connectivity index (χ1n) is 7.66. The molecule has 1 N–H and O–H groups in total. The topological polar surface area (TPSA) is 54.9 Å². The Bertz CT molecular complexity index is 918. The Hall–Kier alpha value is -1.92. The highest BCUT2D eigenvalue weighted by atomic mass is 32.2. The summed E-state index contributed by atoms with van der Waals surface area (Å²) in [5.41, 5.74) is 5.52. The summed E-state index contributed by atoms with van der Waals surface area (Å²) in [6.45, 7) is 8.17. The minimum Gasteiger partial charge on any atom is -0.301 e. The largest absolute Gasteiger partial charge is 0.301 e. The smallest absolute Gasteiger partial charge is 0.236 e. The lowest BCUT2D eigenvalue weighted by Crippen LogP contribution is -2.14. The van der Waals surface area contributed by atoms with E-state index in [1.54, 1.807) is 0 Å². The van der Waals surface area contributed by atoms with Gasteiger partial charge in [0.25, 0.3) is 0 Å². The summed E-state index contributed by atoms with van der Waals surface area (Å²) < 4.78 is 0. The number of pyridine rings is 1. The van der Waals surface area contributed by atoms with Crippen LogP contribution in [0.15, 0.2) is 28.6 Å². The molecule has 3 aromatic rings. The molecule has 24 heavy (non-hydrogen) atoms.